The van der Waals surface area contributed by atoms with Gasteiger partial charge < -0.3 is 4.90 Å². The molecule has 1 atom stereocenters. The molecule has 4 rings (SSSR count). The average Bonchev–Trinajstić information content (AvgIpc) is 2.60. The van der Waals surface area contributed by atoms with Gasteiger partial charge in [0.15, 0.2) is 0 Å². The Bertz CT molecular complexity index is 681. The van der Waals surface area contributed by atoms with Crippen LogP contribution in [0.25, 0.3) is 5.57 Å². The molecule has 0 aromatic heterocycles. The van der Waals surface area contributed by atoms with Gasteiger partial charge in [0, 0.05) is 6.04 Å². The molecule has 1 nitrogen and oxygen atoms in total. The lowest BCUT2D eigenvalue weighted by Crippen LogP contribution is -2.35. The summed E-state index contributed by atoms with van der Waals surface area (Å²) in [6.45, 7) is 1.25. The van der Waals surface area contributed by atoms with Crippen molar-refractivity contribution in [1.29, 1.82) is 0 Å². The first-order chi connectivity index (χ1) is 11.3. The SMILES string of the molecule is CN1CCCC[C@H]1CC=C1c2ccccc2Cc2ccccc21. The Hall–Kier alpha value is -1.86. The van der Waals surface area contributed by atoms with Crippen LogP contribution in [-0.2, 0) is 6.42 Å². The van der Waals surface area contributed by atoms with Crippen LogP contribution in [0.15, 0.2) is 54.6 Å². The van der Waals surface area contributed by atoms with Gasteiger partial charge in [0.2, 0.25) is 0 Å². The van der Waals surface area contributed by atoms with Crippen molar-refractivity contribution in [3.05, 3.63) is 76.9 Å². The first-order valence-corrected chi connectivity index (χ1v) is 8.90. The van der Waals surface area contributed by atoms with E-state index in [1.165, 1.54) is 53.6 Å². The van der Waals surface area contributed by atoms with Crippen LogP contribution in [-0.4, -0.2) is 24.5 Å². The molecule has 23 heavy (non-hydrogen) atoms. The maximum atomic E-state index is 2.54. The molecular weight excluding hydrogens is 278 g/mol. The fourth-order valence-corrected chi connectivity index (χ4v) is 4.14. The van der Waals surface area contributed by atoms with E-state index in [-0.39, 0.29) is 0 Å². The number of hydrogen-bond acceptors (Lipinski definition) is 1. The zero-order valence-corrected chi connectivity index (χ0v) is 14.0. The second-order valence-corrected chi connectivity index (χ2v) is 6.97. The van der Waals surface area contributed by atoms with Gasteiger partial charge in [-0.25, -0.2) is 0 Å². The van der Waals surface area contributed by atoms with Crippen LogP contribution >= 0.6 is 0 Å². The molecule has 0 N–H and O–H groups in total. The van der Waals surface area contributed by atoms with Gasteiger partial charge in [-0.05, 0) is 67.1 Å². The van der Waals surface area contributed by atoms with Crippen LogP contribution in [0.3, 0.4) is 0 Å². The van der Waals surface area contributed by atoms with Gasteiger partial charge in [-0.1, -0.05) is 61.0 Å². The highest BCUT2D eigenvalue weighted by Gasteiger charge is 2.21. The normalized spacial score (nSPS) is 20.7. The van der Waals surface area contributed by atoms with Crippen LogP contribution in [0.4, 0.5) is 0 Å². The summed E-state index contributed by atoms with van der Waals surface area (Å²) in [6, 6.07) is 18.5. The highest BCUT2D eigenvalue weighted by molar-refractivity contribution is 5.85. The number of fused-ring (bicyclic) bond motifs is 2. The van der Waals surface area contributed by atoms with Crippen molar-refractivity contribution in [2.45, 2.75) is 38.1 Å². The summed E-state index contributed by atoms with van der Waals surface area (Å²) in [5.41, 5.74) is 7.25. The van der Waals surface area contributed by atoms with Crippen molar-refractivity contribution in [3.8, 4) is 0 Å². The van der Waals surface area contributed by atoms with Gasteiger partial charge in [0.05, 0.1) is 0 Å². The summed E-state index contributed by atoms with van der Waals surface area (Å²) in [5, 5.41) is 0. The molecule has 2 aromatic rings. The van der Waals surface area contributed by atoms with Gasteiger partial charge in [0.25, 0.3) is 0 Å². The molecular formula is C22H25N. The first kappa shape index (κ1) is 14.7. The van der Waals surface area contributed by atoms with E-state index >= 15 is 0 Å². The van der Waals surface area contributed by atoms with E-state index in [1.807, 2.05) is 0 Å². The number of piperidine rings is 1. The van der Waals surface area contributed by atoms with Crippen LogP contribution in [0.2, 0.25) is 0 Å². The molecule has 1 aliphatic carbocycles. The van der Waals surface area contributed by atoms with Gasteiger partial charge >= 0.3 is 0 Å². The maximum absolute atomic E-state index is 2.54. The molecule has 1 aliphatic heterocycles. The maximum Gasteiger partial charge on any atom is 0.0127 e. The predicted molar refractivity (Wildman–Crippen MR) is 97.7 cm³/mol. The molecule has 118 valence electrons. The molecule has 0 amide bonds. The smallest absolute Gasteiger partial charge is 0.0127 e. The van der Waals surface area contributed by atoms with Crippen LogP contribution in [0.5, 0.6) is 0 Å². The molecule has 2 aromatic carbocycles. The molecule has 1 fully saturated rings. The zero-order valence-electron chi connectivity index (χ0n) is 14.0. The van der Waals surface area contributed by atoms with Crippen molar-refractivity contribution in [2.24, 2.45) is 0 Å². The molecule has 0 spiro atoms. The number of benzene rings is 2. The lowest BCUT2D eigenvalue weighted by atomic mass is 9.81. The number of likely N-dealkylation sites (tertiary alicyclic amines) is 1. The number of hydrogen-bond donors (Lipinski definition) is 0. The summed E-state index contributed by atoms with van der Waals surface area (Å²) in [4.78, 5) is 2.54. The Labute approximate surface area is 139 Å². The van der Waals surface area contributed by atoms with Crippen LogP contribution in [0, 0.1) is 0 Å². The van der Waals surface area contributed by atoms with Crippen LogP contribution < -0.4 is 0 Å². The molecule has 2 aliphatic rings. The minimum atomic E-state index is 0.706. The summed E-state index contributed by atoms with van der Waals surface area (Å²) in [7, 11) is 2.28. The van der Waals surface area contributed by atoms with E-state index in [1.54, 1.807) is 0 Å². The lowest BCUT2D eigenvalue weighted by molar-refractivity contribution is 0.187. The minimum Gasteiger partial charge on any atom is -0.303 e. The molecule has 0 saturated carbocycles. The summed E-state index contributed by atoms with van der Waals surface area (Å²) in [5.74, 6) is 0. The van der Waals surface area contributed by atoms with Gasteiger partial charge in [-0.2, -0.15) is 0 Å². The molecule has 0 unspecified atom stereocenters. The summed E-state index contributed by atoms with van der Waals surface area (Å²) >= 11 is 0. The van der Waals surface area contributed by atoms with Crippen LogP contribution in [0.1, 0.15) is 47.9 Å². The molecule has 1 heteroatoms. The van der Waals surface area contributed by atoms with Crippen molar-refractivity contribution < 1.29 is 0 Å². The summed E-state index contributed by atoms with van der Waals surface area (Å²) < 4.78 is 0. The number of nitrogens with zero attached hydrogens (tertiary/aromatic N) is 1. The molecule has 0 bridgehead atoms. The Morgan fingerprint density at radius 2 is 1.61 bits per heavy atom. The molecule has 1 saturated heterocycles. The number of rotatable bonds is 2. The van der Waals surface area contributed by atoms with Gasteiger partial charge in [-0.3, -0.25) is 0 Å². The molecule has 0 radical (unpaired) electrons. The largest absolute Gasteiger partial charge is 0.303 e. The molecule has 1 heterocycles. The highest BCUT2D eigenvalue weighted by Crippen LogP contribution is 2.36. The minimum absolute atomic E-state index is 0.706. The van der Waals surface area contributed by atoms with Gasteiger partial charge in [-0.15, -0.1) is 0 Å². The topological polar surface area (TPSA) is 3.24 Å². The third-order valence-corrected chi connectivity index (χ3v) is 5.51. The fraction of sp³-hybridized carbons (Fsp3) is 0.364. The van der Waals surface area contributed by atoms with E-state index in [0.717, 1.165) is 12.8 Å². The fourth-order valence-electron chi connectivity index (χ4n) is 4.14. The van der Waals surface area contributed by atoms with Crippen molar-refractivity contribution in [2.75, 3.05) is 13.6 Å². The highest BCUT2D eigenvalue weighted by atomic mass is 15.1. The van der Waals surface area contributed by atoms with Gasteiger partial charge in [0.1, 0.15) is 0 Å². The van der Waals surface area contributed by atoms with E-state index < -0.39 is 0 Å². The average molecular weight is 303 g/mol. The Morgan fingerprint density at radius 3 is 2.26 bits per heavy atom. The monoisotopic (exact) mass is 303 g/mol. The Kier molecular flexibility index (Phi) is 4.05. The second kappa shape index (κ2) is 6.33. The van der Waals surface area contributed by atoms with E-state index in [2.05, 4.69) is 66.6 Å². The first-order valence-electron chi connectivity index (χ1n) is 8.90. The standard InChI is InChI=1S/C22H25N/c1-23-15-7-6-10-19(23)13-14-22-20-11-4-2-8-17(20)16-18-9-3-5-12-21(18)22/h2-5,8-9,11-12,14,19H,6-7,10,13,15-16H2,1H3/t19-/m0/s1. The lowest BCUT2D eigenvalue weighted by Gasteiger charge is -2.32. The van der Waals surface area contributed by atoms with Crippen molar-refractivity contribution in [1.82, 2.24) is 4.90 Å². The third kappa shape index (κ3) is 2.86. The van der Waals surface area contributed by atoms with E-state index in [0.29, 0.717) is 6.04 Å². The van der Waals surface area contributed by atoms with Crippen molar-refractivity contribution >= 4 is 5.57 Å². The van der Waals surface area contributed by atoms with E-state index in [9.17, 15) is 0 Å². The quantitative estimate of drug-likeness (QED) is 0.651. The third-order valence-electron chi connectivity index (χ3n) is 5.51. The second-order valence-electron chi connectivity index (χ2n) is 6.97. The Morgan fingerprint density at radius 1 is 0.957 bits per heavy atom. The summed E-state index contributed by atoms with van der Waals surface area (Å²) in [6.07, 6.45) is 8.80. The zero-order chi connectivity index (χ0) is 15.6. The predicted octanol–water partition coefficient (Wildman–Crippen LogP) is 4.90. The van der Waals surface area contributed by atoms with Crippen molar-refractivity contribution in [3.63, 3.8) is 0 Å². The Balaban J connectivity index is 1.71. The van der Waals surface area contributed by atoms with E-state index in [4.69, 9.17) is 0 Å².